The van der Waals surface area contributed by atoms with Crippen LogP contribution < -0.4 is 11.1 Å². The summed E-state index contributed by atoms with van der Waals surface area (Å²) in [5, 5.41) is 12.3. The number of nitrogen functional groups attached to an aromatic ring is 1. The van der Waals surface area contributed by atoms with Gasteiger partial charge in [0.1, 0.15) is 11.9 Å². The molecule has 1 aromatic heterocycles. The second-order valence-electron chi connectivity index (χ2n) is 5.20. The summed E-state index contributed by atoms with van der Waals surface area (Å²) in [7, 11) is 0. The van der Waals surface area contributed by atoms with Gasteiger partial charge in [-0.2, -0.15) is 5.26 Å². The summed E-state index contributed by atoms with van der Waals surface area (Å²) >= 11 is 0. The number of hydrogen-bond acceptors (Lipinski definition) is 4. The van der Waals surface area contributed by atoms with Crippen molar-refractivity contribution in [1.29, 1.82) is 5.26 Å². The highest BCUT2D eigenvalue weighted by molar-refractivity contribution is 5.54. The molecule has 1 heterocycles. The van der Waals surface area contributed by atoms with Crippen LogP contribution in [0.15, 0.2) is 12.1 Å². The molecule has 18 heavy (non-hydrogen) atoms. The highest BCUT2D eigenvalue weighted by Crippen LogP contribution is 2.25. The first-order valence-electron chi connectivity index (χ1n) is 6.62. The molecule has 0 radical (unpaired) electrons. The number of anilines is 2. The van der Waals surface area contributed by atoms with E-state index in [1.54, 1.807) is 6.07 Å². The van der Waals surface area contributed by atoms with Crippen LogP contribution in [-0.2, 0) is 0 Å². The molecular weight excluding hydrogens is 224 g/mol. The Morgan fingerprint density at radius 2 is 2.17 bits per heavy atom. The summed E-state index contributed by atoms with van der Waals surface area (Å²) in [5.41, 5.74) is 6.41. The van der Waals surface area contributed by atoms with Crippen LogP contribution in [0, 0.1) is 17.2 Å². The quantitative estimate of drug-likeness (QED) is 0.784. The van der Waals surface area contributed by atoms with Crippen molar-refractivity contribution >= 4 is 11.5 Å². The number of rotatable bonds is 2. The first-order valence-corrected chi connectivity index (χ1v) is 6.62. The molecule has 0 aliphatic heterocycles. The van der Waals surface area contributed by atoms with Gasteiger partial charge < -0.3 is 11.1 Å². The molecule has 0 bridgehead atoms. The van der Waals surface area contributed by atoms with Crippen molar-refractivity contribution in [2.75, 3.05) is 11.1 Å². The Bertz CT molecular complexity index is 450. The molecule has 1 aromatic rings. The Balaban J connectivity index is 2.03. The highest BCUT2D eigenvalue weighted by atomic mass is 15.0. The van der Waals surface area contributed by atoms with Crippen LogP contribution in [0.3, 0.4) is 0 Å². The predicted molar refractivity (Wildman–Crippen MR) is 73.0 cm³/mol. The van der Waals surface area contributed by atoms with Gasteiger partial charge in [-0.25, -0.2) is 4.98 Å². The zero-order valence-electron chi connectivity index (χ0n) is 10.8. The standard InChI is InChI=1S/C14H20N4/c1-10-3-2-4-11(6-5-10)17-14-8-7-12(16)13(9-15)18-14/h7-8,10-11H,2-6,16H2,1H3,(H,17,18). The first kappa shape index (κ1) is 12.7. The average molecular weight is 244 g/mol. The fraction of sp³-hybridized carbons (Fsp3) is 0.571. The average Bonchev–Trinajstić information content (AvgIpc) is 2.57. The number of nitrogens with two attached hydrogens (primary N) is 1. The smallest absolute Gasteiger partial charge is 0.165 e. The fourth-order valence-corrected chi connectivity index (χ4v) is 2.48. The van der Waals surface area contributed by atoms with Gasteiger partial charge in [0.15, 0.2) is 5.69 Å². The number of nitrogens with zero attached hydrogens (tertiary/aromatic N) is 2. The van der Waals surface area contributed by atoms with E-state index in [-0.39, 0.29) is 0 Å². The van der Waals surface area contributed by atoms with Gasteiger partial charge >= 0.3 is 0 Å². The van der Waals surface area contributed by atoms with Gasteiger partial charge in [-0.05, 0) is 37.3 Å². The van der Waals surface area contributed by atoms with Crippen molar-refractivity contribution in [3.8, 4) is 6.07 Å². The molecule has 0 saturated heterocycles. The minimum atomic E-state index is 0.307. The largest absolute Gasteiger partial charge is 0.396 e. The van der Waals surface area contributed by atoms with Crippen molar-refractivity contribution < 1.29 is 0 Å². The molecule has 1 fully saturated rings. The van der Waals surface area contributed by atoms with Gasteiger partial charge in [0.25, 0.3) is 0 Å². The lowest BCUT2D eigenvalue weighted by molar-refractivity contribution is 0.502. The monoisotopic (exact) mass is 244 g/mol. The third-order valence-corrected chi connectivity index (χ3v) is 3.64. The number of aromatic nitrogens is 1. The topological polar surface area (TPSA) is 74.7 Å². The van der Waals surface area contributed by atoms with Gasteiger partial charge in [0, 0.05) is 6.04 Å². The summed E-state index contributed by atoms with van der Waals surface area (Å²) < 4.78 is 0. The number of pyridine rings is 1. The van der Waals surface area contributed by atoms with E-state index >= 15 is 0 Å². The second kappa shape index (κ2) is 5.72. The Labute approximate surface area is 108 Å². The van der Waals surface area contributed by atoms with Crippen LogP contribution in [0.2, 0.25) is 0 Å². The Morgan fingerprint density at radius 3 is 2.94 bits per heavy atom. The number of hydrogen-bond donors (Lipinski definition) is 2. The van der Waals surface area contributed by atoms with E-state index in [2.05, 4.69) is 17.2 Å². The molecule has 0 amide bonds. The normalized spacial score (nSPS) is 24.0. The third kappa shape index (κ3) is 3.13. The molecule has 1 saturated carbocycles. The molecule has 4 heteroatoms. The van der Waals surface area contributed by atoms with Crippen LogP contribution in [0.4, 0.5) is 11.5 Å². The van der Waals surface area contributed by atoms with Crippen LogP contribution in [0.1, 0.15) is 44.7 Å². The summed E-state index contributed by atoms with van der Waals surface area (Å²) in [6.45, 7) is 2.32. The van der Waals surface area contributed by atoms with Crippen molar-refractivity contribution in [3.05, 3.63) is 17.8 Å². The van der Waals surface area contributed by atoms with Gasteiger partial charge in [0.05, 0.1) is 5.69 Å². The lowest BCUT2D eigenvalue weighted by Gasteiger charge is -2.17. The van der Waals surface area contributed by atoms with Crippen molar-refractivity contribution in [1.82, 2.24) is 4.98 Å². The molecule has 0 aromatic carbocycles. The molecule has 2 unspecified atom stereocenters. The molecule has 2 atom stereocenters. The molecule has 3 N–H and O–H groups in total. The van der Waals surface area contributed by atoms with E-state index < -0.39 is 0 Å². The van der Waals surface area contributed by atoms with Gasteiger partial charge in [-0.3, -0.25) is 0 Å². The maximum absolute atomic E-state index is 8.91. The lowest BCUT2D eigenvalue weighted by Crippen LogP contribution is -2.19. The Hall–Kier alpha value is -1.76. The number of nitriles is 1. The van der Waals surface area contributed by atoms with Crippen molar-refractivity contribution in [2.24, 2.45) is 5.92 Å². The van der Waals surface area contributed by atoms with E-state index in [0.29, 0.717) is 17.4 Å². The van der Waals surface area contributed by atoms with Crippen LogP contribution in [-0.4, -0.2) is 11.0 Å². The predicted octanol–water partition coefficient (Wildman–Crippen LogP) is 2.92. The molecule has 2 rings (SSSR count). The third-order valence-electron chi connectivity index (χ3n) is 3.64. The second-order valence-corrected chi connectivity index (χ2v) is 5.20. The molecule has 1 aliphatic carbocycles. The summed E-state index contributed by atoms with van der Waals surface area (Å²) in [4.78, 5) is 4.24. The minimum absolute atomic E-state index is 0.307. The maximum atomic E-state index is 8.91. The highest BCUT2D eigenvalue weighted by Gasteiger charge is 2.16. The fourth-order valence-electron chi connectivity index (χ4n) is 2.48. The molecular formula is C14H20N4. The maximum Gasteiger partial charge on any atom is 0.165 e. The van der Waals surface area contributed by atoms with Crippen molar-refractivity contribution in [3.63, 3.8) is 0 Å². The van der Waals surface area contributed by atoms with Gasteiger partial charge in [0.2, 0.25) is 0 Å². The molecule has 1 aliphatic rings. The number of nitrogens with one attached hydrogen (secondary N) is 1. The molecule has 0 spiro atoms. The zero-order chi connectivity index (χ0) is 13.0. The summed E-state index contributed by atoms with van der Waals surface area (Å²) in [6.07, 6.45) is 6.20. The van der Waals surface area contributed by atoms with Crippen LogP contribution >= 0.6 is 0 Å². The van der Waals surface area contributed by atoms with Gasteiger partial charge in [-0.15, -0.1) is 0 Å². The summed E-state index contributed by atoms with van der Waals surface area (Å²) in [5.74, 6) is 1.59. The van der Waals surface area contributed by atoms with E-state index in [4.69, 9.17) is 11.0 Å². The minimum Gasteiger partial charge on any atom is -0.396 e. The Morgan fingerprint density at radius 1 is 1.33 bits per heavy atom. The van der Waals surface area contributed by atoms with E-state index in [1.807, 2.05) is 12.1 Å². The SMILES string of the molecule is CC1CCCC(Nc2ccc(N)c(C#N)n2)CC1. The zero-order valence-corrected chi connectivity index (χ0v) is 10.8. The van der Waals surface area contributed by atoms with Crippen LogP contribution in [0.25, 0.3) is 0 Å². The van der Waals surface area contributed by atoms with E-state index in [0.717, 1.165) is 11.7 Å². The summed E-state index contributed by atoms with van der Waals surface area (Å²) in [6, 6.07) is 6.08. The van der Waals surface area contributed by atoms with E-state index in [1.165, 1.54) is 32.1 Å². The van der Waals surface area contributed by atoms with E-state index in [9.17, 15) is 0 Å². The van der Waals surface area contributed by atoms with Crippen molar-refractivity contribution in [2.45, 2.75) is 45.1 Å². The van der Waals surface area contributed by atoms with Gasteiger partial charge in [-0.1, -0.05) is 19.8 Å². The molecule has 4 nitrogen and oxygen atoms in total. The Kier molecular flexibility index (Phi) is 4.03. The lowest BCUT2D eigenvalue weighted by atomic mass is 10.0. The van der Waals surface area contributed by atoms with Crippen LogP contribution in [0.5, 0.6) is 0 Å². The first-order chi connectivity index (χ1) is 8.69. The molecule has 96 valence electrons.